The maximum Gasteiger partial charge on any atom is 0.335 e. The Balaban J connectivity index is 2.23. The summed E-state index contributed by atoms with van der Waals surface area (Å²) in [6.07, 6.45) is 0.223. The van der Waals surface area contributed by atoms with E-state index in [9.17, 15) is 9.90 Å². The maximum absolute atomic E-state index is 10.9. The largest absolute Gasteiger partial charge is 0.478 e. The van der Waals surface area contributed by atoms with Gasteiger partial charge in [-0.05, 0) is 31.5 Å². The molecule has 1 heterocycles. The number of hydrogen-bond acceptors (Lipinski definition) is 5. The number of fused-ring (bicyclic) bond motifs is 1. The topological polar surface area (TPSA) is 86.8 Å². The first-order valence-corrected chi connectivity index (χ1v) is 6.00. The van der Waals surface area contributed by atoms with Crippen molar-refractivity contribution >= 4 is 23.1 Å². The predicted octanol–water partition coefficient (Wildman–Crippen LogP) is 1.73. The number of nitrogens with zero attached hydrogens (tertiary/aromatic N) is 2. The van der Waals surface area contributed by atoms with Gasteiger partial charge in [0, 0.05) is 13.6 Å². The average Bonchev–Trinajstić information content (AvgIpc) is 2.78. The number of oxazole rings is 1. The average molecular weight is 264 g/mol. The van der Waals surface area contributed by atoms with E-state index < -0.39 is 5.97 Å². The Labute approximate surface area is 110 Å². The highest BCUT2D eigenvalue weighted by Crippen LogP contribution is 2.22. The van der Waals surface area contributed by atoms with Gasteiger partial charge < -0.3 is 19.5 Å². The number of rotatable bonds is 5. The van der Waals surface area contributed by atoms with Crippen molar-refractivity contribution in [3.63, 3.8) is 0 Å². The van der Waals surface area contributed by atoms with E-state index in [1.807, 2.05) is 7.05 Å². The van der Waals surface area contributed by atoms with Crippen molar-refractivity contribution in [2.75, 3.05) is 18.5 Å². The summed E-state index contributed by atoms with van der Waals surface area (Å²) >= 11 is 0. The van der Waals surface area contributed by atoms with E-state index in [4.69, 9.17) is 9.52 Å². The number of benzene rings is 1. The van der Waals surface area contributed by atoms with Crippen LogP contribution in [0.15, 0.2) is 22.6 Å². The van der Waals surface area contributed by atoms with E-state index in [1.54, 1.807) is 17.9 Å². The second-order valence-corrected chi connectivity index (χ2v) is 4.54. The molecule has 6 nitrogen and oxygen atoms in total. The van der Waals surface area contributed by atoms with Crippen molar-refractivity contribution in [1.82, 2.24) is 4.98 Å². The lowest BCUT2D eigenvalue weighted by Crippen LogP contribution is -2.21. The van der Waals surface area contributed by atoms with Gasteiger partial charge in [-0.25, -0.2) is 4.79 Å². The molecule has 2 aromatic rings. The third-order valence-electron chi connectivity index (χ3n) is 2.83. The summed E-state index contributed by atoms with van der Waals surface area (Å²) in [5, 5.41) is 18.1. The predicted molar refractivity (Wildman–Crippen MR) is 70.5 cm³/mol. The molecule has 1 aromatic heterocycles. The van der Waals surface area contributed by atoms with Crippen LogP contribution in [0.2, 0.25) is 0 Å². The fourth-order valence-corrected chi connectivity index (χ4v) is 1.68. The minimum Gasteiger partial charge on any atom is -0.478 e. The van der Waals surface area contributed by atoms with Crippen LogP contribution < -0.4 is 4.90 Å². The normalized spacial score (nSPS) is 12.6. The number of aromatic nitrogens is 1. The van der Waals surface area contributed by atoms with Crippen molar-refractivity contribution in [3.8, 4) is 0 Å². The highest BCUT2D eigenvalue weighted by molar-refractivity contribution is 5.92. The van der Waals surface area contributed by atoms with Crippen molar-refractivity contribution in [2.24, 2.45) is 0 Å². The zero-order valence-electron chi connectivity index (χ0n) is 10.8. The lowest BCUT2D eigenvalue weighted by molar-refractivity contribution is 0.0697. The summed E-state index contributed by atoms with van der Waals surface area (Å²) in [5.41, 5.74) is 1.23. The Kier molecular flexibility index (Phi) is 3.71. The molecule has 1 atom stereocenters. The molecule has 102 valence electrons. The van der Waals surface area contributed by atoms with Crippen LogP contribution in [0.25, 0.3) is 11.1 Å². The van der Waals surface area contributed by atoms with E-state index >= 15 is 0 Å². The first kappa shape index (κ1) is 13.4. The number of aliphatic hydroxyl groups excluding tert-OH is 1. The van der Waals surface area contributed by atoms with Gasteiger partial charge in [-0.15, -0.1) is 0 Å². The van der Waals surface area contributed by atoms with Crippen LogP contribution in [0.3, 0.4) is 0 Å². The van der Waals surface area contributed by atoms with Gasteiger partial charge in [0.15, 0.2) is 5.58 Å². The molecule has 19 heavy (non-hydrogen) atoms. The molecule has 1 aromatic carbocycles. The van der Waals surface area contributed by atoms with Gasteiger partial charge in [0.05, 0.1) is 11.7 Å². The van der Waals surface area contributed by atoms with Crippen molar-refractivity contribution in [2.45, 2.75) is 19.4 Å². The van der Waals surface area contributed by atoms with E-state index in [0.29, 0.717) is 30.1 Å². The molecule has 0 fully saturated rings. The smallest absolute Gasteiger partial charge is 0.335 e. The summed E-state index contributed by atoms with van der Waals surface area (Å²) < 4.78 is 5.52. The van der Waals surface area contributed by atoms with Crippen molar-refractivity contribution in [1.29, 1.82) is 0 Å². The van der Waals surface area contributed by atoms with Gasteiger partial charge in [-0.3, -0.25) is 0 Å². The molecule has 0 aliphatic rings. The van der Waals surface area contributed by atoms with Gasteiger partial charge in [-0.2, -0.15) is 4.98 Å². The minimum atomic E-state index is -0.998. The van der Waals surface area contributed by atoms with Gasteiger partial charge in [0.25, 0.3) is 6.01 Å². The number of anilines is 1. The number of carboxylic acids is 1. The molecule has 2 N–H and O–H groups in total. The minimum absolute atomic E-state index is 0.168. The van der Waals surface area contributed by atoms with E-state index in [-0.39, 0.29) is 11.7 Å². The fourth-order valence-electron chi connectivity index (χ4n) is 1.68. The summed E-state index contributed by atoms with van der Waals surface area (Å²) in [7, 11) is 1.81. The quantitative estimate of drug-likeness (QED) is 0.855. The molecule has 0 aliphatic carbocycles. The molecule has 0 radical (unpaired) electrons. The number of hydrogen-bond donors (Lipinski definition) is 2. The monoisotopic (exact) mass is 264 g/mol. The molecular weight excluding hydrogens is 248 g/mol. The zero-order valence-corrected chi connectivity index (χ0v) is 10.8. The molecule has 0 spiro atoms. The third-order valence-corrected chi connectivity index (χ3v) is 2.83. The van der Waals surface area contributed by atoms with Crippen molar-refractivity contribution < 1.29 is 19.4 Å². The van der Waals surface area contributed by atoms with Crippen LogP contribution >= 0.6 is 0 Å². The van der Waals surface area contributed by atoms with Crippen LogP contribution in [0.4, 0.5) is 6.01 Å². The number of aliphatic hydroxyl groups is 1. The molecular formula is C13H16N2O4. The number of carboxylic acid groups (broad SMARTS) is 1. The van der Waals surface area contributed by atoms with Crippen LogP contribution in [0.5, 0.6) is 0 Å². The third kappa shape index (κ3) is 3.03. The van der Waals surface area contributed by atoms with Crippen LogP contribution in [-0.2, 0) is 0 Å². The number of carbonyl (C=O) groups is 1. The second kappa shape index (κ2) is 5.27. The Bertz CT molecular complexity index is 591. The van der Waals surface area contributed by atoms with Crippen LogP contribution in [0, 0.1) is 0 Å². The summed E-state index contributed by atoms with van der Waals surface area (Å²) in [6, 6.07) is 4.98. The van der Waals surface area contributed by atoms with Crippen molar-refractivity contribution in [3.05, 3.63) is 23.8 Å². The van der Waals surface area contributed by atoms with Gasteiger partial charge >= 0.3 is 5.97 Å². The maximum atomic E-state index is 10.9. The Hall–Kier alpha value is -2.08. The van der Waals surface area contributed by atoms with E-state index in [2.05, 4.69) is 4.98 Å². The molecule has 1 unspecified atom stereocenters. The lowest BCUT2D eigenvalue weighted by atomic mass is 10.2. The first-order chi connectivity index (χ1) is 8.97. The standard InChI is InChI=1S/C13H16N2O4/c1-8(16)5-6-15(2)13-14-10-4-3-9(12(17)18)7-11(10)19-13/h3-4,7-8,16H,5-6H2,1-2H3,(H,17,18). The van der Waals surface area contributed by atoms with E-state index in [1.165, 1.54) is 12.1 Å². The Morgan fingerprint density at radius 3 is 2.89 bits per heavy atom. The number of aromatic carboxylic acids is 1. The summed E-state index contributed by atoms with van der Waals surface area (Å²) in [4.78, 5) is 16.9. The highest BCUT2D eigenvalue weighted by atomic mass is 16.4. The first-order valence-electron chi connectivity index (χ1n) is 6.00. The highest BCUT2D eigenvalue weighted by Gasteiger charge is 2.13. The summed E-state index contributed by atoms with van der Waals surface area (Å²) in [6.45, 7) is 2.33. The van der Waals surface area contributed by atoms with Gasteiger partial charge in [0.2, 0.25) is 0 Å². The Morgan fingerprint density at radius 1 is 1.53 bits per heavy atom. The SMILES string of the molecule is CC(O)CCN(C)c1nc2ccc(C(=O)O)cc2o1. The van der Waals surface area contributed by atoms with Gasteiger partial charge in [0.1, 0.15) is 5.52 Å². The van der Waals surface area contributed by atoms with Gasteiger partial charge in [-0.1, -0.05) is 0 Å². The fraction of sp³-hybridized carbons (Fsp3) is 0.385. The zero-order chi connectivity index (χ0) is 14.0. The Morgan fingerprint density at radius 2 is 2.26 bits per heavy atom. The molecule has 0 amide bonds. The molecule has 0 aliphatic heterocycles. The molecule has 0 saturated heterocycles. The van der Waals surface area contributed by atoms with Crippen LogP contribution in [0.1, 0.15) is 23.7 Å². The molecule has 2 rings (SSSR count). The molecule has 6 heteroatoms. The molecule has 0 saturated carbocycles. The van der Waals surface area contributed by atoms with E-state index in [0.717, 1.165) is 0 Å². The second-order valence-electron chi connectivity index (χ2n) is 4.54. The summed E-state index contributed by atoms with van der Waals surface area (Å²) in [5.74, 6) is -0.998. The lowest BCUT2D eigenvalue weighted by Gasteiger charge is -2.14. The van der Waals surface area contributed by atoms with Crippen LogP contribution in [-0.4, -0.2) is 40.9 Å². The molecule has 0 bridgehead atoms.